The van der Waals surface area contributed by atoms with Crippen LogP contribution in [0.2, 0.25) is 0 Å². The first-order chi connectivity index (χ1) is 12.7. The predicted molar refractivity (Wildman–Crippen MR) is 104 cm³/mol. The van der Waals surface area contributed by atoms with Crippen molar-refractivity contribution in [3.05, 3.63) is 59.4 Å². The third-order valence-corrected chi connectivity index (χ3v) is 6.76. The maximum absolute atomic E-state index is 13.8. The Morgan fingerprint density at radius 3 is 2.48 bits per heavy atom. The summed E-state index contributed by atoms with van der Waals surface area (Å²) >= 11 is 0. The van der Waals surface area contributed by atoms with Crippen LogP contribution >= 0.6 is 11.0 Å². The summed E-state index contributed by atoms with van der Waals surface area (Å²) in [7, 11) is -1.85. The van der Waals surface area contributed by atoms with Crippen molar-refractivity contribution in [2.45, 2.75) is 25.9 Å². The second kappa shape index (κ2) is 7.02. The number of methoxy groups -OCH3 is 1. The van der Waals surface area contributed by atoms with Gasteiger partial charge in [-0.3, -0.25) is 13.4 Å². The van der Waals surface area contributed by atoms with Crippen molar-refractivity contribution in [3.8, 4) is 11.8 Å². The largest absolute Gasteiger partial charge is 0.497 e. The summed E-state index contributed by atoms with van der Waals surface area (Å²) in [6.45, 7) is 4.29. The zero-order valence-electron chi connectivity index (χ0n) is 15.4. The molecule has 0 amide bonds. The number of hydrogen-bond donors (Lipinski definition) is 2. The lowest BCUT2D eigenvalue weighted by molar-refractivity contribution is 0.236. The van der Waals surface area contributed by atoms with E-state index in [0.717, 1.165) is 5.56 Å². The molecule has 2 aromatic carbocycles. The fraction of sp³-hybridized carbons (Fsp3) is 0.316. The van der Waals surface area contributed by atoms with Crippen molar-refractivity contribution in [1.82, 2.24) is 4.31 Å². The average Bonchev–Trinajstić information content (AvgIpc) is 2.81. The van der Waals surface area contributed by atoms with Gasteiger partial charge in [-0.25, -0.2) is 4.39 Å². The molecule has 2 aromatic rings. The van der Waals surface area contributed by atoms with Gasteiger partial charge in [0.05, 0.1) is 30.4 Å². The van der Waals surface area contributed by atoms with Gasteiger partial charge in [-0.05, 0) is 54.6 Å². The number of anilines is 1. The van der Waals surface area contributed by atoms with Crippen LogP contribution in [0.4, 0.5) is 10.1 Å². The average molecular weight is 391 g/mol. The van der Waals surface area contributed by atoms with E-state index in [1.54, 1.807) is 11.4 Å². The van der Waals surface area contributed by atoms with E-state index in [2.05, 4.69) is 0 Å². The third kappa shape index (κ3) is 3.59. The first-order valence-electron chi connectivity index (χ1n) is 8.35. The molecule has 3 rings (SSSR count). The van der Waals surface area contributed by atoms with Gasteiger partial charge in [-0.1, -0.05) is 12.1 Å². The van der Waals surface area contributed by atoms with Crippen LogP contribution in [-0.2, 0) is 6.54 Å². The molecule has 0 spiro atoms. The SMILES string of the molecule is COc1ccc(CN2C(C)(C)CN(c3cc(F)ccc3C#N)S2(O)O)cc1. The minimum absolute atomic E-state index is 0.183. The Hall–Kier alpha value is -2.31. The Balaban J connectivity index is 1.97. The van der Waals surface area contributed by atoms with Crippen LogP contribution in [0.3, 0.4) is 0 Å². The summed E-state index contributed by atoms with van der Waals surface area (Å²) in [5, 5.41) is 9.34. The molecule has 27 heavy (non-hydrogen) atoms. The highest BCUT2D eigenvalue weighted by Crippen LogP contribution is 2.59. The molecular weight excluding hydrogens is 369 g/mol. The molecule has 0 aliphatic carbocycles. The fourth-order valence-corrected chi connectivity index (χ4v) is 5.37. The van der Waals surface area contributed by atoms with Crippen molar-refractivity contribution in [2.75, 3.05) is 18.0 Å². The summed E-state index contributed by atoms with van der Waals surface area (Å²) in [5.74, 6) is 0.177. The lowest BCUT2D eigenvalue weighted by Gasteiger charge is -2.45. The Labute approximate surface area is 160 Å². The third-order valence-electron chi connectivity index (χ3n) is 4.63. The topological polar surface area (TPSA) is 80.0 Å². The van der Waals surface area contributed by atoms with Gasteiger partial charge in [0.2, 0.25) is 0 Å². The van der Waals surface area contributed by atoms with E-state index in [1.807, 2.05) is 44.2 Å². The summed E-state index contributed by atoms with van der Waals surface area (Å²) < 4.78 is 43.9. The zero-order chi connectivity index (χ0) is 19.8. The standard InChI is InChI=1S/C19H22FN3O3S/c1-19(2)13-22(18-10-16(20)7-6-15(18)11-21)27(24,25)23(19)12-14-4-8-17(26-3)9-5-14/h4-10,24-25H,12-13H2,1-3H3. The Bertz CT molecular complexity index is 881. The van der Waals surface area contributed by atoms with Gasteiger partial charge in [0, 0.05) is 12.6 Å². The summed E-state index contributed by atoms with van der Waals surface area (Å²) in [6.07, 6.45) is 0. The van der Waals surface area contributed by atoms with Gasteiger partial charge in [-0.15, -0.1) is 0 Å². The van der Waals surface area contributed by atoms with E-state index in [1.165, 1.54) is 22.5 Å². The lowest BCUT2D eigenvalue weighted by Crippen LogP contribution is -2.40. The molecule has 0 radical (unpaired) electrons. The molecule has 0 unspecified atom stereocenters. The van der Waals surface area contributed by atoms with Crippen LogP contribution in [0.5, 0.6) is 5.75 Å². The van der Waals surface area contributed by atoms with Crippen molar-refractivity contribution in [1.29, 1.82) is 5.26 Å². The maximum atomic E-state index is 13.8. The number of nitrogens with zero attached hydrogens (tertiary/aromatic N) is 3. The molecule has 0 aromatic heterocycles. The molecule has 144 valence electrons. The molecule has 0 saturated carbocycles. The fourth-order valence-electron chi connectivity index (χ4n) is 3.19. The first-order valence-corrected chi connectivity index (χ1v) is 9.81. The Morgan fingerprint density at radius 1 is 1.22 bits per heavy atom. The van der Waals surface area contributed by atoms with E-state index in [0.29, 0.717) is 5.75 Å². The quantitative estimate of drug-likeness (QED) is 0.805. The number of halogens is 1. The minimum atomic E-state index is -3.43. The number of hydrogen-bond acceptors (Lipinski definition) is 6. The molecule has 6 nitrogen and oxygen atoms in total. The molecule has 1 heterocycles. The van der Waals surface area contributed by atoms with Gasteiger partial charge in [0.1, 0.15) is 17.6 Å². The number of nitriles is 1. The normalized spacial score (nSPS) is 19.5. The maximum Gasteiger partial charge on any atom is 0.125 e. The van der Waals surface area contributed by atoms with Crippen LogP contribution in [-0.4, -0.2) is 32.6 Å². The van der Waals surface area contributed by atoms with Crippen molar-refractivity contribution >= 4 is 16.6 Å². The predicted octanol–water partition coefficient (Wildman–Crippen LogP) is 4.39. The molecule has 1 saturated heterocycles. The van der Waals surface area contributed by atoms with Crippen molar-refractivity contribution < 1.29 is 18.2 Å². The summed E-state index contributed by atoms with van der Waals surface area (Å²) in [6, 6.07) is 13.0. The van der Waals surface area contributed by atoms with E-state index in [9.17, 15) is 18.8 Å². The molecule has 1 aliphatic rings. The first kappa shape index (κ1) is 19.5. The molecule has 2 N–H and O–H groups in total. The van der Waals surface area contributed by atoms with Gasteiger partial charge in [-0.2, -0.15) is 9.57 Å². The van der Waals surface area contributed by atoms with Crippen LogP contribution < -0.4 is 9.04 Å². The second-order valence-corrected chi connectivity index (χ2v) is 8.86. The van der Waals surface area contributed by atoms with Gasteiger partial charge >= 0.3 is 0 Å². The van der Waals surface area contributed by atoms with Gasteiger partial charge in [0.15, 0.2) is 0 Å². The van der Waals surface area contributed by atoms with E-state index < -0.39 is 22.3 Å². The summed E-state index contributed by atoms with van der Waals surface area (Å²) in [4.78, 5) is 0. The lowest BCUT2D eigenvalue weighted by atomic mass is 10.0. The van der Waals surface area contributed by atoms with Gasteiger partial charge < -0.3 is 4.74 Å². The Kier molecular flexibility index (Phi) is 5.06. The van der Waals surface area contributed by atoms with E-state index in [4.69, 9.17) is 4.74 Å². The highest BCUT2D eigenvalue weighted by Gasteiger charge is 2.49. The van der Waals surface area contributed by atoms with Crippen LogP contribution in [0, 0.1) is 17.1 Å². The highest BCUT2D eigenvalue weighted by molar-refractivity contribution is 8.23. The molecule has 1 fully saturated rings. The van der Waals surface area contributed by atoms with Crippen LogP contribution in [0.15, 0.2) is 42.5 Å². The second-order valence-electron chi connectivity index (χ2n) is 7.00. The Morgan fingerprint density at radius 2 is 1.89 bits per heavy atom. The van der Waals surface area contributed by atoms with E-state index in [-0.39, 0.29) is 24.3 Å². The molecule has 0 atom stereocenters. The monoisotopic (exact) mass is 391 g/mol. The van der Waals surface area contributed by atoms with Crippen LogP contribution in [0.1, 0.15) is 25.0 Å². The van der Waals surface area contributed by atoms with Crippen LogP contribution in [0.25, 0.3) is 0 Å². The zero-order valence-corrected chi connectivity index (χ0v) is 16.2. The number of ether oxygens (including phenoxy) is 1. The van der Waals surface area contributed by atoms with E-state index >= 15 is 0 Å². The van der Waals surface area contributed by atoms with Gasteiger partial charge in [0.25, 0.3) is 0 Å². The molecule has 8 heteroatoms. The minimum Gasteiger partial charge on any atom is -0.497 e. The molecule has 0 bridgehead atoms. The number of benzene rings is 2. The smallest absolute Gasteiger partial charge is 0.125 e. The number of rotatable bonds is 4. The summed E-state index contributed by atoms with van der Waals surface area (Å²) in [5.41, 5.74) is 0.643. The van der Waals surface area contributed by atoms with Crippen molar-refractivity contribution in [3.63, 3.8) is 0 Å². The highest BCUT2D eigenvalue weighted by atomic mass is 32.3. The molecule has 1 aliphatic heterocycles. The molecular formula is C19H22FN3O3S. The van der Waals surface area contributed by atoms with Crippen molar-refractivity contribution in [2.24, 2.45) is 0 Å².